The highest BCUT2D eigenvalue weighted by atomic mass is 33.1. The van der Waals surface area contributed by atoms with Crippen LogP contribution in [0.4, 0.5) is 0 Å². The van der Waals surface area contributed by atoms with E-state index in [1.807, 2.05) is 40.3 Å². The van der Waals surface area contributed by atoms with Crippen molar-refractivity contribution in [2.45, 2.75) is 32.7 Å². The van der Waals surface area contributed by atoms with E-state index in [9.17, 15) is 0 Å². The Balaban J connectivity index is 1.85. The van der Waals surface area contributed by atoms with Gasteiger partial charge in [-0.3, -0.25) is 0 Å². The third-order valence-electron chi connectivity index (χ3n) is 1.82. The Kier molecular flexibility index (Phi) is 7.05. The summed E-state index contributed by atoms with van der Waals surface area (Å²) < 4.78 is 2.14. The Morgan fingerprint density at radius 3 is 2.79 bits per heavy atom. The topological polar surface area (TPSA) is 17.8 Å². The average Bonchev–Trinajstić information content (AvgIpc) is 2.69. The van der Waals surface area contributed by atoms with Crippen molar-refractivity contribution in [1.29, 1.82) is 0 Å². The summed E-state index contributed by atoms with van der Waals surface area (Å²) >= 11 is 0. The SMILES string of the molecule is CCCSSCCCCn1ccnc1. The van der Waals surface area contributed by atoms with Gasteiger partial charge < -0.3 is 4.57 Å². The highest BCUT2D eigenvalue weighted by Crippen LogP contribution is 2.22. The van der Waals surface area contributed by atoms with Gasteiger partial charge in [-0.1, -0.05) is 28.5 Å². The maximum atomic E-state index is 4.02. The van der Waals surface area contributed by atoms with E-state index in [0.717, 1.165) is 6.54 Å². The third-order valence-corrected chi connectivity index (χ3v) is 4.52. The molecule has 0 saturated heterocycles. The number of aryl methyl sites for hydroxylation is 1. The molecule has 0 unspecified atom stereocenters. The van der Waals surface area contributed by atoms with Crippen molar-refractivity contribution in [2.75, 3.05) is 11.5 Å². The van der Waals surface area contributed by atoms with Crippen LogP contribution in [0.15, 0.2) is 18.7 Å². The molecule has 0 radical (unpaired) electrons. The second kappa shape index (κ2) is 8.24. The molecule has 0 aliphatic carbocycles. The monoisotopic (exact) mass is 230 g/mol. The Labute approximate surface area is 94.3 Å². The molecule has 0 bridgehead atoms. The predicted octanol–water partition coefficient (Wildman–Crippen LogP) is 3.45. The summed E-state index contributed by atoms with van der Waals surface area (Å²) in [5.74, 6) is 2.56. The first-order valence-electron chi connectivity index (χ1n) is 5.13. The zero-order chi connectivity index (χ0) is 10.1. The van der Waals surface area contributed by atoms with Crippen LogP contribution in [-0.4, -0.2) is 21.1 Å². The lowest BCUT2D eigenvalue weighted by Crippen LogP contribution is -1.94. The number of imidazole rings is 1. The van der Waals surface area contributed by atoms with Crippen LogP contribution < -0.4 is 0 Å². The highest BCUT2D eigenvalue weighted by molar-refractivity contribution is 8.76. The van der Waals surface area contributed by atoms with Crippen LogP contribution in [0.1, 0.15) is 26.2 Å². The van der Waals surface area contributed by atoms with Crippen molar-refractivity contribution in [1.82, 2.24) is 9.55 Å². The Morgan fingerprint density at radius 2 is 2.07 bits per heavy atom. The van der Waals surface area contributed by atoms with Gasteiger partial charge >= 0.3 is 0 Å². The quantitative estimate of drug-likeness (QED) is 0.503. The molecule has 1 heterocycles. The van der Waals surface area contributed by atoms with E-state index in [4.69, 9.17) is 0 Å². The lowest BCUT2D eigenvalue weighted by molar-refractivity contribution is 0.635. The fourth-order valence-corrected chi connectivity index (χ4v) is 3.36. The first-order chi connectivity index (χ1) is 6.93. The molecule has 0 N–H and O–H groups in total. The molecule has 0 aromatic carbocycles. The second-order valence-electron chi connectivity index (χ2n) is 3.15. The number of rotatable bonds is 8. The van der Waals surface area contributed by atoms with Gasteiger partial charge in [-0.2, -0.15) is 0 Å². The summed E-state index contributed by atoms with van der Waals surface area (Å²) in [6.07, 6.45) is 9.60. The van der Waals surface area contributed by atoms with Crippen LogP contribution in [0.3, 0.4) is 0 Å². The molecule has 14 heavy (non-hydrogen) atoms. The van der Waals surface area contributed by atoms with Gasteiger partial charge in [-0.15, -0.1) is 0 Å². The predicted molar refractivity (Wildman–Crippen MR) is 66.7 cm³/mol. The first kappa shape index (κ1) is 12.0. The molecule has 4 heteroatoms. The van der Waals surface area contributed by atoms with E-state index in [-0.39, 0.29) is 0 Å². The van der Waals surface area contributed by atoms with E-state index in [2.05, 4.69) is 16.5 Å². The van der Waals surface area contributed by atoms with Crippen LogP contribution in [0.25, 0.3) is 0 Å². The summed E-state index contributed by atoms with van der Waals surface area (Å²) in [5.41, 5.74) is 0. The van der Waals surface area contributed by atoms with Crippen LogP contribution in [-0.2, 0) is 6.54 Å². The van der Waals surface area contributed by atoms with Crippen molar-refractivity contribution < 1.29 is 0 Å². The van der Waals surface area contributed by atoms with Crippen molar-refractivity contribution in [3.8, 4) is 0 Å². The third kappa shape index (κ3) is 5.60. The van der Waals surface area contributed by atoms with E-state index < -0.39 is 0 Å². The zero-order valence-electron chi connectivity index (χ0n) is 8.69. The molecule has 1 aromatic heterocycles. The largest absolute Gasteiger partial charge is 0.337 e. The lowest BCUT2D eigenvalue weighted by atomic mass is 10.3. The van der Waals surface area contributed by atoms with Crippen molar-refractivity contribution >= 4 is 21.6 Å². The molecule has 1 rings (SSSR count). The number of aromatic nitrogens is 2. The molecular weight excluding hydrogens is 212 g/mol. The van der Waals surface area contributed by atoms with Crippen molar-refractivity contribution in [3.63, 3.8) is 0 Å². The van der Waals surface area contributed by atoms with E-state index in [0.29, 0.717) is 0 Å². The Hall–Kier alpha value is -0.0900. The zero-order valence-corrected chi connectivity index (χ0v) is 10.3. The lowest BCUT2D eigenvalue weighted by Gasteiger charge is -2.01. The minimum Gasteiger partial charge on any atom is -0.337 e. The highest BCUT2D eigenvalue weighted by Gasteiger charge is 1.92. The van der Waals surface area contributed by atoms with Gasteiger partial charge in [0.2, 0.25) is 0 Å². The summed E-state index contributed by atoms with van der Waals surface area (Å²) in [4.78, 5) is 4.02. The molecule has 0 aliphatic heterocycles. The fraction of sp³-hybridized carbons (Fsp3) is 0.700. The van der Waals surface area contributed by atoms with Gasteiger partial charge in [0.25, 0.3) is 0 Å². The number of nitrogens with zero attached hydrogens (tertiary/aromatic N) is 2. The molecule has 2 nitrogen and oxygen atoms in total. The summed E-state index contributed by atoms with van der Waals surface area (Å²) in [5, 5.41) is 0. The van der Waals surface area contributed by atoms with Gasteiger partial charge in [-0.25, -0.2) is 4.98 Å². The van der Waals surface area contributed by atoms with Gasteiger partial charge in [0, 0.05) is 30.4 Å². The van der Waals surface area contributed by atoms with Crippen molar-refractivity contribution in [3.05, 3.63) is 18.7 Å². The van der Waals surface area contributed by atoms with Crippen LogP contribution in [0, 0.1) is 0 Å². The number of hydrogen-bond acceptors (Lipinski definition) is 3. The van der Waals surface area contributed by atoms with E-state index in [1.165, 1.54) is 30.8 Å². The smallest absolute Gasteiger partial charge is 0.0945 e. The van der Waals surface area contributed by atoms with E-state index in [1.54, 1.807) is 0 Å². The van der Waals surface area contributed by atoms with Crippen LogP contribution >= 0.6 is 21.6 Å². The fourth-order valence-electron chi connectivity index (χ4n) is 1.08. The molecular formula is C10H18N2S2. The summed E-state index contributed by atoms with van der Waals surface area (Å²) in [6.45, 7) is 3.34. The average molecular weight is 230 g/mol. The van der Waals surface area contributed by atoms with Gasteiger partial charge in [0.05, 0.1) is 6.33 Å². The second-order valence-corrected chi connectivity index (χ2v) is 5.85. The number of unbranched alkanes of at least 4 members (excludes halogenated alkanes) is 1. The van der Waals surface area contributed by atoms with Crippen molar-refractivity contribution in [2.24, 2.45) is 0 Å². The molecule has 1 aromatic rings. The molecule has 0 spiro atoms. The maximum Gasteiger partial charge on any atom is 0.0945 e. The molecule has 80 valence electrons. The van der Waals surface area contributed by atoms with E-state index >= 15 is 0 Å². The standard InChI is InChI=1S/C10H18N2S2/c1-2-8-13-14-9-4-3-6-12-7-5-11-10-12/h5,7,10H,2-4,6,8-9H2,1H3. The minimum absolute atomic E-state index is 1.11. The minimum atomic E-state index is 1.11. The molecule has 0 atom stereocenters. The Morgan fingerprint density at radius 1 is 1.21 bits per heavy atom. The Bertz CT molecular complexity index is 212. The van der Waals surface area contributed by atoms with Gasteiger partial charge in [0.1, 0.15) is 0 Å². The molecule has 0 fully saturated rings. The van der Waals surface area contributed by atoms with Gasteiger partial charge in [0.15, 0.2) is 0 Å². The molecule has 0 amide bonds. The molecule has 0 saturated carbocycles. The summed E-state index contributed by atoms with van der Waals surface area (Å²) in [6, 6.07) is 0. The van der Waals surface area contributed by atoms with Gasteiger partial charge in [-0.05, 0) is 19.3 Å². The van der Waals surface area contributed by atoms with Crippen LogP contribution in [0.5, 0.6) is 0 Å². The summed E-state index contributed by atoms with van der Waals surface area (Å²) in [7, 11) is 4.01. The molecule has 0 aliphatic rings. The first-order valence-corrected chi connectivity index (χ1v) is 7.62. The maximum absolute atomic E-state index is 4.02. The van der Waals surface area contributed by atoms with Crippen LogP contribution in [0.2, 0.25) is 0 Å². The number of hydrogen-bond donors (Lipinski definition) is 0. The normalized spacial score (nSPS) is 10.6.